The van der Waals surface area contributed by atoms with Crippen LogP contribution in [0.2, 0.25) is 0 Å². The van der Waals surface area contributed by atoms with Gasteiger partial charge in [-0.25, -0.2) is 4.99 Å². The van der Waals surface area contributed by atoms with Gasteiger partial charge in [0.05, 0.1) is 17.6 Å². The molecule has 0 saturated heterocycles. The Labute approximate surface area is 147 Å². The fourth-order valence-corrected chi connectivity index (χ4v) is 3.46. The quantitative estimate of drug-likeness (QED) is 0.600. The van der Waals surface area contributed by atoms with Gasteiger partial charge in [-0.1, -0.05) is 6.07 Å². The summed E-state index contributed by atoms with van der Waals surface area (Å²) in [7, 11) is 0. The minimum absolute atomic E-state index is 0.270. The Bertz CT molecular complexity index is 689. The number of fused-ring (bicyclic) bond motifs is 1. The highest BCUT2D eigenvalue weighted by Gasteiger charge is 2.17. The van der Waals surface area contributed by atoms with Crippen LogP contribution in [0.1, 0.15) is 17.4 Å². The fourth-order valence-electron chi connectivity index (χ4n) is 2.21. The lowest BCUT2D eigenvalue weighted by molar-refractivity contribution is 0.173. The van der Waals surface area contributed by atoms with Crippen LogP contribution in [0.3, 0.4) is 0 Å². The molecule has 0 amide bonds. The lowest BCUT2D eigenvalue weighted by atomic mass is 10.2. The molecule has 0 atom stereocenters. The lowest BCUT2D eigenvalue weighted by Crippen LogP contribution is -2.36. The van der Waals surface area contributed by atoms with Crippen molar-refractivity contribution in [3.8, 4) is 11.5 Å². The maximum absolute atomic E-state index is 5.44. The van der Waals surface area contributed by atoms with E-state index in [1.165, 1.54) is 4.88 Å². The van der Waals surface area contributed by atoms with E-state index in [2.05, 4.69) is 56.0 Å². The van der Waals surface area contributed by atoms with Crippen molar-refractivity contribution in [1.82, 2.24) is 10.6 Å². The number of thiophene rings is 1. The summed E-state index contributed by atoms with van der Waals surface area (Å²) < 4.78 is 11.7. The number of benzene rings is 1. The molecule has 3 rings (SSSR count). The van der Waals surface area contributed by atoms with Gasteiger partial charge < -0.3 is 20.1 Å². The Kier molecular flexibility index (Phi) is 5.40. The largest absolute Gasteiger partial charge is 0.454 e. The predicted octanol–water partition coefficient (Wildman–Crippen LogP) is 3.49. The average Bonchev–Trinajstić information content (AvgIpc) is 3.21. The second kappa shape index (κ2) is 7.70. The van der Waals surface area contributed by atoms with Crippen LogP contribution >= 0.6 is 27.3 Å². The standard InChI is InChI=1S/C16H18BrN3O2S/c1-2-18-16(20-9-12-4-3-5-23-12)19-8-11-6-13(17)15-14(7-11)21-10-22-15/h3-7H,2,8-10H2,1H3,(H2,18,19,20). The van der Waals surface area contributed by atoms with Gasteiger partial charge in [-0.2, -0.15) is 0 Å². The zero-order chi connectivity index (χ0) is 16.1. The summed E-state index contributed by atoms with van der Waals surface area (Å²) in [5.41, 5.74) is 1.06. The molecule has 23 heavy (non-hydrogen) atoms. The molecule has 1 aliphatic heterocycles. The van der Waals surface area contributed by atoms with Crippen molar-refractivity contribution in [2.24, 2.45) is 4.99 Å². The zero-order valence-corrected chi connectivity index (χ0v) is 15.2. The van der Waals surface area contributed by atoms with Gasteiger partial charge in [0.1, 0.15) is 0 Å². The Hall–Kier alpha value is -1.73. The van der Waals surface area contributed by atoms with E-state index in [0.717, 1.165) is 40.6 Å². The third-order valence-corrected chi connectivity index (χ3v) is 4.73. The highest BCUT2D eigenvalue weighted by molar-refractivity contribution is 9.10. The van der Waals surface area contributed by atoms with E-state index < -0.39 is 0 Å². The number of ether oxygens (including phenoxy) is 2. The molecule has 2 aromatic rings. The third-order valence-electron chi connectivity index (χ3n) is 3.26. The second-order valence-corrected chi connectivity index (χ2v) is 6.83. The van der Waals surface area contributed by atoms with Crippen molar-refractivity contribution in [2.75, 3.05) is 13.3 Å². The molecule has 2 N–H and O–H groups in total. The smallest absolute Gasteiger partial charge is 0.231 e. The van der Waals surface area contributed by atoms with E-state index in [1.54, 1.807) is 11.3 Å². The predicted molar refractivity (Wildman–Crippen MR) is 96.2 cm³/mol. The molecule has 0 fully saturated rings. The van der Waals surface area contributed by atoms with Gasteiger partial charge in [-0.05, 0) is 52.0 Å². The number of aliphatic imine (C=N–C) groups is 1. The maximum atomic E-state index is 5.44. The van der Waals surface area contributed by atoms with E-state index in [-0.39, 0.29) is 6.79 Å². The Balaban J connectivity index is 1.66. The van der Waals surface area contributed by atoms with Crippen molar-refractivity contribution in [3.63, 3.8) is 0 Å². The molecule has 1 aliphatic rings. The molecule has 0 radical (unpaired) electrons. The molecule has 0 saturated carbocycles. The third kappa shape index (κ3) is 4.17. The SMILES string of the molecule is CCNC(=NCc1cc(Br)c2c(c1)OCO2)NCc1cccs1. The highest BCUT2D eigenvalue weighted by atomic mass is 79.9. The minimum Gasteiger partial charge on any atom is -0.454 e. The number of nitrogens with zero attached hydrogens (tertiary/aromatic N) is 1. The molecule has 1 aromatic heterocycles. The van der Waals surface area contributed by atoms with Crippen LogP contribution in [-0.2, 0) is 13.1 Å². The van der Waals surface area contributed by atoms with Crippen LogP contribution in [0.25, 0.3) is 0 Å². The Morgan fingerprint density at radius 3 is 3.04 bits per heavy atom. The first kappa shape index (κ1) is 16.1. The van der Waals surface area contributed by atoms with Gasteiger partial charge in [0.2, 0.25) is 6.79 Å². The van der Waals surface area contributed by atoms with Crippen LogP contribution in [0, 0.1) is 0 Å². The van der Waals surface area contributed by atoms with Gasteiger partial charge in [0, 0.05) is 11.4 Å². The van der Waals surface area contributed by atoms with E-state index in [4.69, 9.17) is 9.47 Å². The Morgan fingerprint density at radius 1 is 1.35 bits per heavy atom. The summed E-state index contributed by atoms with van der Waals surface area (Å²) >= 11 is 5.24. The van der Waals surface area contributed by atoms with Crippen molar-refractivity contribution >= 4 is 33.2 Å². The summed E-state index contributed by atoms with van der Waals surface area (Å²) in [6.07, 6.45) is 0. The van der Waals surface area contributed by atoms with Crippen molar-refractivity contribution in [2.45, 2.75) is 20.0 Å². The molecule has 0 bridgehead atoms. The molecule has 5 nitrogen and oxygen atoms in total. The number of nitrogens with one attached hydrogen (secondary N) is 2. The molecular weight excluding hydrogens is 378 g/mol. The molecule has 0 spiro atoms. The number of halogens is 1. The number of guanidine groups is 1. The molecule has 2 heterocycles. The van der Waals surface area contributed by atoms with Gasteiger partial charge in [0.25, 0.3) is 0 Å². The van der Waals surface area contributed by atoms with Crippen LogP contribution < -0.4 is 20.1 Å². The summed E-state index contributed by atoms with van der Waals surface area (Å²) in [6, 6.07) is 8.14. The van der Waals surface area contributed by atoms with Crippen molar-refractivity contribution in [1.29, 1.82) is 0 Å². The molecule has 0 aliphatic carbocycles. The topological polar surface area (TPSA) is 54.9 Å². The zero-order valence-electron chi connectivity index (χ0n) is 12.8. The fraction of sp³-hybridized carbons (Fsp3) is 0.312. The lowest BCUT2D eigenvalue weighted by Gasteiger charge is -2.11. The monoisotopic (exact) mass is 395 g/mol. The first-order valence-corrected chi connectivity index (χ1v) is 9.06. The summed E-state index contributed by atoms with van der Waals surface area (Å²) in [5.74, 6) is 2.33. The van der Waals surface area contributed by atoms with E-state index in [1.807, 2.05) is 12.1 Å². The van der Waals surface area contributed by atoms with Gasteiger partial charge in [0.15, 0.2) is 17.5 Å². The minimum atomic E-state index is 0.270. The number of rotatable bonds is 5. The number of hydrogen-bond donors (Lipinski definition) is 2. The summed E-state index contributed by atoms with van der Waals surface area (Å²) in [6.45, 7) is 4.48. The summed E-state index contributed by atoms with van der Waals surface area (Å²) in [5, 5.41) is 8.67. The van der Waals surface area contributed by atoms with Gasteiger partial charge >= 0.3 is 0 Å². The average molecular weight is 396 g/mol. The van der Waals surface area contributed by atoms with Crippen LogP contribution in [-0.4, -0.2) is 19.3 Å². The molecule has 1 aromatic carbocycles. The first-order chi connectivity index (χ1) is 11.3. The Morgan fingerprint density at radius 2 is 2.26 bits per heavy atom. The van der Waals surface area contributed by atoms with Crippen LogP contribution in [0.15, 0.2) is 39.1 Å². The molecule has 0 unspecified atom stereocenters. The molecular formula is C16H18BrN3O2S. The van der Waals surface area contributed by atoms with E-state index >= 15 is 0 Å². The van der Waals surface area contributed by atoms with Gasteiger partial charge in [-0.15, -0.1) is 11.3 Å². The second-order valence-electron chi connectivity index (χ2n) is 4.94. The highest BCUT2D eigenvalue weighted by Crippen LogP contribution is 2.40. The van der Waals surface area contributed by atoms with E-state index in [0.29, 0.717) is 6.54 Å². The normalized spacial score (nSPS) is 13.2. The van der Waals surface area contributed by atoms with Crippen LogP contribution in [0.5, 0.6) is 11.5 Å². The van der Waals surface area contributed by atoms with Crippen molar-refractivity contribution in [3.05, 3.63) is 44.6 Å². The maximum Gasteiger partial charge on any atom is 0.231 e. The first-order valence-electron chi connectivity index (χ1n) is 7.39. The van der Waals surface area contributed by atoms with Crippen molar-refractivity contribution < 1.29 is 9.47 Å². The molecule has 7 heteroatoms. The number of hydrogen-bond acceptors (Lipinski definition) is 4. The molecule has 122 valence electrons. The van der Waals surface area contributed by atoms with Gasteiger partial charge in [-0.3, -0.25) is 0 Å². The van der Waals surface area contributed by atoms with E-state index in [9.17, 15) is 0 Å². The van der Waals surface area contributed by atoms with Crippen LogP contribution in [0.4, 0.5) is 0 Å². The summed E-state index contributed by atoms with van der Waals surface area (Å²) in [4.78, 5) is 5.91.